The summed E-state index contributed by atoms with van der Waals surface area (Å²) in [5.74, 6) is 0.585. The Kier molecular flexibility index (Phi) is 14.2. The lowest BCUT2D eigenvalue weighted by Crippen LogP contribution is -2.62. The van der Waals surface area contributed by atoms with Crippen LogP contribution in [0.1, 0.15) is 128 Å². The molecule has 1 aromatic carbocycles. The van der Waals surface area contributed by atoms with Gasteiger partial charge in [0.15, 0.2) is 0 Å². The van der Waals surface area contributed by atoms with Crippen molar-refractivity contribution in [1.82, 2.24) is 50.3 Å². The van der Waals surface area contributed by atoms with Crippen LogP contribution in [0.15, 0.2) is 41.1 Å². The summed E-state index contributed by atoms with van der Waals surface area (Å²) in [5, 5.41) is 9.34. The maximum atomic E-state index is 15.2. The number of esters is 1. The number of nitrogens with one attached hydrogen (secondary N) is 3. The van der Waals surface area contributed by atoms with E-state index in [1.54, 1.807) is 13.4 Å². The van der Waals surface area contributed by atoms with Crippen LogP contribution in [0.5, 0.6) is 0 Å². The Hall–Kier alpha value is -5.40. The summed E-state index contributed by atoms with van der Waals surface area (Å²) in [4.78, 5) is 78.0. The predicted molar refractivity (Wildman–Crippen MR) is 300 cm³/mol. The number of ether oxygens (including phenoxy) is 2. The third kappa shape index (κ3) is 10.5. The van der Waals surface area contributed by atoms with Gasteiger partial charge in [-0.05, 0) is 133 Å². The number of aryl methyl sites for hydroxylation is 1. The molecule has 3 amide bonds. The molecule has 18 nitrogen and oxygen atoms in total. The quantitative estimate of drug-likeness (QED) is 0.107. The lowest BCUT2D eigenvalue weighted by atomic mass is 9.84. The first kappa shape index (κ1) is 52.9. The molecule has 3 aliphatic carbocycles. The zero-order valence-electron chi connectivity index (χ0n) is 47.3. The van der Waals surface area contributed by atoms with Crippen LogP contribution in [0, 0.1) is 22.7 Å². The molecule has 6 bridgehead atoms. The predicted octanol–water partition coefficient (Wildman–Crippen LogP) is 6.25. The monoisotopic (exact) mass is 1080 g/mol. The van der Waals surface area contributed by atoms with E-state index in [1.807, 2.05) is 6.20 Å². The summed E-state index contributed by atoms with van der Waals surface area (Å²) >= 11 is 0. The molecule has 5 saturated heterocycles. The number of nitrogens with zero attached hydrogens (tertiary/aromatic N) is 8. The molecular formula is C61H83N11O7. The fourth-order valence-electron chi connectivity index (χ4n) is 14.9. The van der Waals surface area contributed by atoms with Gasteiger partial charge in [0.05, 0.1) is 47.7 Å². The van der Waals surface area contributed by atoms with Crippen molar-refractivity contribution < 1.29 is 33.1 Å². The van der Waals surface area contributed by atoms with Gasteiger partial charge in [-0.1, -0.05) is 26.7 Å². The molecule has 1 spiro atoms. The number of likely N-dealkylation sites (tertiary alicyclic amines) is 2. The number of benzene rings is 1. The smallest absolute Gasteiger partial charge is 0.324 e. The van der Waals surface area contributed by atoms with Gasteiger partial charge in [0, 0.05) is 117 Å². The summed E-state index contributed by atoms with van der Waals surface area (Å²) in [6.45, 7) is 16.7. The zero-order chi connectivity index (χ0) is 54.3. The number of aromatic nitrogens is 3. The molecule has 9 heterocycles. The highest BCUT2D eigenvalue weighted by molar-refractivity contribution is 5.95. The summed E-state index contributed by atoms with van der Waals surface area (Å²) < 4.78 is 21.1. The SMILES string of the molecule is CCn1c(-c2cc(N3CCN(C4CC4)CC3)cnc2[C@H](C)OC)c2c3cc(ccc31)-c1nc(co1)C[C@H](NC(=O)C(C1CCCC1)N1CC[C@]3(CCN(C(=O)[C@@H]4NC4C4CC4)C3)C1)C(=O)N1CCC[C@H](N1)C(=O)OCC(C)(C)C2. The Balaban J connectivity index is 0.822. The largest absolute Gasteiger partial charge is 0.464 e. The normalized spacial score (nSPS) is 28.8. The first-order chi connectivity index (χ1) is 38.3. The van der Waals surface area contributed by atoms with Crippen molar-refractivity contribution >= 4 is 40.3 Å². The van der Waals surface area contributed by atoms with E-state index in [2.05, 4.69) is 92.2 Å². The van der Waals surface area contributed by atoms with Gasteiger partial charge < -0.3 is 33.6 Å². The number of amides is 3. The molecule has 18 heteroatoms. The van der Waals surface area contributed by atoms with Crippen molar-refractivity contribution in [2.24, 2.45) is 22.7 Å². The third-order valence-electron chi connectivity index (χ3n) is 19.7. The van der Waals surface area contributed by atoms with E-state index in [0.29, 0.717) is 55.9 Å². The number of fused-ring (bicyclic) bond motifs is 6. The van der Waals surface area contributed by atoms with Gasteiger partial charge >= 0.3 is 5.97 Å². The first-order valence-corrected chi connectivity index (χ1v) is 30.2. The van der Waals surface area contributed by atoms with Gasteiger partial charge in [-0.15, -0.1) is 0 Å². The number of oxazole rings is 1. The van der Waals surface area contributed by atoms with Crippen LogP contribution in [0.2, 0.25) is 0 Å². The van der Waals surface area contributed by atoms with Crippen LogP contribution in [0.25, 0.3) is 33.6 Å². The van der Waals surface area contributed by atoms with Crippen LogP contribution in [0.4, 0.5) is 5.69 Å². The summed E-state index contributed by atoms with van der Waals surface area (Å²) in [7, 11) is 1.73. The van der Waals surface area contributed by atoms with Crippen molar-refractivity contribution in [3.8, 4) is 22.7 Å². The van der Waals surface area contributed by atoms with E-state index >= 15 is 9.59 Å². The van der Waals surface area contributed by atoms with Crippen LogP contribution < -0.4 is 21.0 Å². The molecular weight excluding hydrogens is 999 g/mol. The van der Waals surface area contributed by atoms with Crippen molar-refractivity contribution in [2.45, 2.75) is 166 Å². The Morgan fingerprint density at radius 2 is 1.73 bits per heavy atom. The molecule has 7 atom stereocenters. The standard InChI is InChI=1S/C61H83N11O7/c1-6-71-49-18-15-40-28-44(49)46(54(71)45-30-43(32-62-50(45)37(2)77-5)68-26-24-67(25-27-68)42-16-17-42)31-60(3,4)36-79-59(76)47-12-9-21-72(66-47)57(74)48(29-41-33-78-56(40)63-41)64-55(73)53(39-10-7-8-11-39)69-22-19-61(34-69)20-23-70(35-61)58(75)52-51(65-52)38-13-14-38/h15,18,28,30,32-33,37-39,42,47-48,51-53,65-66H,6-14,16-17,19-27,29,31,34-36H2,1-5H3,(H,64,73)/t37-,47-,48-,51?,52+,53?,61-/m0/s1. The van der Waals surface area contributed by atoms with Gasteiger partial charge in [0.25, 0.3) is 5.91 Å². The third-order valence-corrected chi connectivity index (χ3v) is 19.7. The van der Waals surface area contributed by atoms with Crippen LogP contribution in [0.3, 0.4) is 0 Å². The zero-order valence-corrected chi connectivity index (χ0v) is 47.3. The number of carbonyl (C=O) groups excluding carboxylic acids is 4. The highest BCUT2D eigenvalue weighted by atomic mass is 16.5. The van der Waals surface area contributed by atoms with Crippen LogP contribution in [-0.2, 0) is 48.0 Å². The van der Waals surface area contributed by atoms with Gasteiger partial charge in [0.2, 0.25) is 17.7 Å². The Morgan fingerprint density at radius 1 is 0.937 bits per heavy atom. The molecule has 424 valence electrons. The Morgan fingerprint density at radius 3 is 2.49 bits per heavy atom. The fraction of sp³-hybridized carbons (Fsp3) is 0.672. The molecule has 6 aliphatic heterocycles. The number of hydrazine groups is 1. The van der Waals surface area contributed by atoms with E-state index in [0.717, 1.165) is 142 Å². The average molecular weight is 1080 g/mol. The van der Waals surface area contributed by atoms with Gasteiger partial charge in [-0.3, -0.25) is 44.3 Å². The highest BCUT2D eigenvalue weighted by Gasteiger charge is 2.55. The number of cyclic esters (lactones) is 1. The molecule has 8 fully saturated rings. The maximum absolute atomic E-state index is 15.2. The lowest BCUT2D eigenvalue weighted by molar-refractivity contribution is -0.155. The molecule has 0 radical (unpaired) electrons. The second-order valence-corrected chi connectivity index (χ2v) is 26.0. The number of rotatable bonds is 12. The average Bonchev–Trinajstić information content (AvgIpc) is 4.54. The first-order valence-electron chi connectivity index (χ1n) is 30.2. The van der Waals surface area contributed by atoms with Crippen molar-refractivity contribution in [1.29, 1.82) is 0 Å². The summed E-state index contributed by atoms with van der Waals surface area (Å²) in [5.41, 5.74) is 10.2. The number of carbonyl (C=O) groups is 4. The fourth-order valence-corrected chi connectivity index (χ4v) is 14.9. The molecule has 2 unspecified atom stereocenters. The van der Waals surface area contributed by atoms with Gasteiger partial charge in [-0.25, -0.2) is 10.4 Å². The Labute approximate surface area is 465 Å². The van der Waals surface area contributed by atoms with E-state index in [1.165, 1.54) is 30.7 Å². The minimum atomic E-state index is -0.999. The molecule has 9 aliphatic rings. The number of pyridine rings is 1. The highest BCUT2D eigenvalue weighted by Crippen LogP contribution is 2.46. The van der Waals surface area contributed by atoms with Gasteiger partial charge in [0.1, 0.15) is 24.4 Å². The maximum Gasteiger partial charge on any atom is 0.324 e. The second-order valence-electron chi connectivity index (χ2n) is 26.0. The number of hydrogen-bond acceptors (Lipinski definition) is 14. The van der Waals surface area contributed by atoms with Crippen LogP contribution in [-0.4, -0.2) is 167 Å². The Bertz CT molecular complexity index is 2970. The van der Waals surface area contributed by atoms with Crippen molar-refractivity contribution in [3.63, 3.8) is 0 Å². The lowest BCUT2D eigenvalue weighted by Gasteiger charge is -2.37. The molecule has 79 heavy (non-hydrogen) atoms. The van der Waals surface area contributed by atoms with E-state index in [9.17, 15) is 9.59 Å². The van der Waals surface area contributed by atoms with Gasteiger partial charge in [-0.2, -0.15) is 0 Å². The summed E-state index contributed by atoms with van der Waals surface area (Å²) in [6.07, 6.45) is 16.1. The molecule has 3 aromatic heterocycles. The van der Waals surface area contributed by atoms with Crippen LogP contribution >= 0.6 is 0 Å². The van der Waals surface area contributed by atoms with E-state index < -0.39 is 29.5 Å². The van der Waals surface area contributed by atoms with Crippen molar-refractivity contribution in [2.75, 3.05) is 77.5 Å². The number of anilines is 1. The van der Waals surface area contributed by atoms with Crippen molar-refractivity contribution in [3.05, 3.63) is 53.7 Å². The topological polar surface area (TPSA) is 193 Å². The molecule has 13 rings (SSSR count). The number of hydrogen-bond donors (Lipinski definition) is 3. The minimum absolute atomic E-state index is 0.0341. The minimum Gasteiger partial charge on any atom is -0.464 e. The molecule has 3 saturated carbocycles. The van der Waals surface area contributed by atoms with E-state index in [4.69, 9.17) is 23.9 Å². The van der Waals surface area contributed by atoms with E-state index in [-0.39, 0.29) is 54.2 Å². The second kappa shape index (κ2) is 21.2. The molecule has 3 N–H and O–H groups in total. The number of piperazine rings is 1. The number of methoxy groups -OCH3 is 1. The summed E-state index contributed by atoms with van der Waals surface area (Å²) in [6, 6.07) is 7.58. The molecule has 4 aromatic rings.